The Hall–Kier alpha value is -1.26. The third-order valence-corrected chi connectivity index (χ3v) is 4.07. The molecule has 1 aliphatic rings. The first kappa shape index (κ1) is 12.8. The van der Waals surface area contributed by atoms with E-state index in [1.54, 1.807) is 0 Å². The van der Waals surface area contributed by atoms with Crippen LogP contribution in [0.1, 0.15) is 33.6 Å². The van der Waals surface area contributed by atoms with E-state index in [9.17, 15) is 9.59 Å². The van der Waals surface area contributed by atoms with Crippen LogP contribution in [0.2, 0.25) is 0 Å². The SMILES string of the molecule is CC1C(NC(N)=O)CCC(C(=O)O)C1(C)C. The quantitative estimate of drug-likeness (QED) is 0.662. The number of carboxylic acids is 1. The minimum Gasteiger partial charge on any atom is -0.481 e. The summed E-state index contributed by atoms with van der Waals surface area (Å²) in [6.45, 7) is 5.84. The number of nitrogens with two attached hydrogens (primary N) is 1. The van der Waals surface area contributed by atoms with Gasteiger partial charge in [0.05, 0.1) is 5.92 Å². The zero-order valence-electron chi connectivity index (χ0n) is 9.99. The van der Waals surface area contributed by atoms with Crippen molar-refractivity contribution in [1.29, 1.82) is 0 Å². The van der Waals surface area contributed by atoms with Gasteiger partial charge < -0.3 is 16.2 Å². The molecule has 0 heterocycles. The van der Waals surface area contributed by atoms with Gasteiger partial charge in [-0.25, -0.2) is 4.79 Å². The number of carbonyl (C=O) groups is 2. The highest BCUT2D eigenvalue weighted by Crippen LogP contribution is 2.44. The number of rotatable bonds is 2. The summed E-state index contributed by atoms with van der Waals surface area (Å²) in [5.74, 6) is -1.02. The van der Waals surface area contributed by atoms with Gasteiger partial charge in [-0.2, -0.15) is 0 Å². The Morgan fingerprint density at radius 2 is 1.94 bits per heavy atom. The van der Waals surface area contributed by atoms with Crippen LogP contribution in [0.3, 0.4) is 0 Å². The van der Waals surface area contributed by atoms with Crippen molar-refractivity contribution in [3.8, 4) is 0 Å². The van der Waals surface area contributed by atoms with Gasteiger partial charge in [0.2, 0.25) is 0 Å². The van der Waals surface area contributed by atoms with Crippen molar-refractivity contribution in [2.24, 2.45) is 23.0 Å². The van der Waals surface area contributed by atoms with Gasteiger partial charge in [-0.05, 0) is 24.2 Å². The minimum atomic E-state index is -0.755. The average Bonchev–Trinajstić information content (AvgIpc) is 2.11. The number of urea groups is 1. The first-order chi connectivity index (χ1) is 7.26. The predicted octanol–water partition coefficient (Wildman–Crippen LogP) is 1.18. The highest BCUT2D eigenvalue weighted by Gasteiger charge is 2.46. The van der Waals surface area contributed by atoms with Crippen LogP contribution in [-0.4, -0.2) is 23.1 Å². The maximum absolute atomic E-state index is 11.1. The number of hydrogen-bond donors (Lipinski definition) is 3. The summed E-state index contributed by atoms with van der Waals surface area (Å²) >= 11 is 0. The van der Waals surface area contributed by atoms with Gasteiger partial charge >= 0.3 is 12.0 Å². The molecule has 1 rings (SSSR count). The summed E-state index contributed by atoms with van der Waals surface area (Å²) in [4.78, 5) is 22.0. The summed E-state index contributed by atoms with van der Waals surface area (Å²) in [5, 5.41) is 11.8. The van der Waals surface area contributed by atoms with Gasteiger partial charge in [0.25, 0.3) is 0 Å². The van der Waals surface area contributed by atoms with Crippen molar-refractivity contribution >= 4 is 12.0 Å². The number of carbonyl (C=O) groups excluding carboxylic acids is 1. The lowest BCUT2D eigenvalue weighted by Crippen LogP contribution is -2.53. The summed E-state index contributed by atoms with van der Waals surface area (Å²) in [5.41, 5.74) is 4.77. The topological polar surface area (TPSA) is 92.4 Å². The van der Waals surface area contributed by atoms with E-state index >= 15 is 0 Å². The molecule has 5 nitrogen and oxygen atoms in total. The Morgan fingerprint density at radius 1 is 1.38 bits per heavy atom. The first-order valence-electron chi connectivity index (χ1n) is 5.55. The second-order valence-corrected chi connectivity index (χ2v) is 5.19. The van der Waals surface area contributed by atoms with Crippen molar-refractivity contribution < 1.29 is 14.7 Å². The summed E-state index contributed by atoms with van der Waals surface area (Å²) in [7, 11) is 0. The fraction of sp³-hybridized carbons (Fsp3) is 0.818. The molecular weight excluding hydrogens is 208 g/mol. The lowest BCUT2D eigenvalue weighted by molar-refractivity contribution is -0.150. The molecule has 0 aromatic carbocycles. The molecule has 5 heteroatoms. The second-order valence-electron chi connectivity index (χ2n) is 5.19. The van der Waals surface area contributed by atoms with E-state index in [1.165, 1.54) is 0 Å². The molecule has 0 saturated heterocycles. The molecule has 92 valence electrons. The molecule has 0 bridgehead atoms. The molecule has 3 atom stereocenters. The molecule has 1 fully saturated rings. The molecule has 0 radical (unpaired) electrons. The molecular formula is C11H20N2O3. The van der Waals surface area contributed by atoms with Gasteiger partial charge in [0.1, 0.15) is 0 Å². The molecule has 0 spiro atoms. The van der Waals surface area contributed by atoms with Crippen LogP contribution in [0.4, 0.5) is 4.79 Å². The third-order valence-electron chi connectivity index (χ3n) is 4.07. The molecule has 1 aliphatic carbocycles. The number of primary amides is 1. The van der Waals surface area contributed by atoms with E-state index in [0.717, 1.165) is 0 Å². The van der Waals surface area contributed by atoms with Gasteiger partial charge in [-0.3, -0.25) is 4.79 Å². The highest BCUT2D eigenvalue weighted by atomic mass is 16.4. The van der Waals surface area contributed by atoms with Crippen molar-refractivity contribution in [2.75, 3.05) is 0 Å². The second kappa shape index (κ2) is 4.31. The van der Waals surface area contributed by atoms with E-state index < -0.39 is 12.0 Å². The molecule has 1 saturated carbocycles. The standard InChI is InChI=1S/C11H20N2O3/c1-6-8(13-10(12)16)5-4-7(9(14)15)11(6,2)3/h6-8H,4-5H2,1-3H3,(H,14,15)(H3,12,13,16). The van der Waals surface area contributed by atoms with Crippen LogP contribution in [0.25, 0.3) is 0 Å². The minimum absolute atomic E-state index is 0.0249. The van der Waals surface area contributed by atoms with Crippen LogP contribution in [0.5, 0.6) is 0 Å². The number of aliphatic carboxylic acids is 1. The monoisotopic (exact) mass is 228 g/mol. The average molecular weight is 228 g/mol. The Kier molecular flexibility index (Phi) is 3.45. The lowest BCUT2D eigenvalue weighted by atomic mass is 9.61. The zero-order chi connectivity index (χ0) is 12.5. The Bertz CT molecular complexity index is 302. The molecule has 3 unspecified atom stereocenters. The van der Waals surface area contributed by atoms with Crippen molar-refractivity contribution in [2.45, 2.75) is 39.7 Å². The van der Waals surface area contributed by atoms with Gasteiger partial charge in [0, 0.05) is 6.04 Å². The smallest absolute Gasteiger partial charge is 0.312 e. The Labute approximate surface area is 95.4 Å². The van der Waals surface area contributed by atoms with Crippen LogP contribution in [0, 0.1) is 17.3 Å². The lowest BCUT2D eigenvalue weighted by Gasteiger charge is -2.46. The van der Waals surface area contributed by atoms with Crippen LogP contribution in [0.15, 0.2) is 0 Å². The van der Waals surface area contributed by atoms with Gasteiger partial charge in [0.15, 0.2) is 0 Å². The predicted molar refractivity (Wildman–Crippen MR) is 59.8 cm³/mol. The normalized spacial score (nSPS) is 33.1. The van der Waals surface area contributed by atoms with Crippen molar-refractivity contribution in [3.63, 3.8) is 0 Å². The highest BCUT2D eigenvalue weighted by molar-refractivity contribution is 5.73. The number of nitrogens with one attached hydrogen (secondary N) is 1. The number of hydrogen-bond acceptors (Lipinski definition) is 2. The van der Waals surface area contributed by atoms with Crippen LogP contribution < -0.4 is 11.1 Å². The Morgan fingerprint density at radius 3 is 2.38 bits per heavy atom. The Balaban J connectivity index is 2.82. The van der Waals surface area contributed by atoms with E-state index in [4.69, 9.17) is 10.8 Å². The van der Waals surface area contributed by atoms with E-state index in [0.29, 0.717) is 12.8 Å². The maximum Gasteiger partial charge on any atom is 0.312 e. The summed E-state index contributed by atoms with van der Waals surface area (Å²) < 4.78 is 0. The summed E-state index contributed by atoms with van der Waals surface area (Å²) in [6.07, 6.45) is 1.25. The largest absolute Gasteiger partial charge is 0.481 e. The summed E-state index contributed by atoms with van der Waals surface area (Å²) in [6, 6.07) is -0.565. The van der Waals surface area contributed by atoms with Crippen LogP contribution in [-0.2, 0) is 4.79 Å². The number of carboxylic acid groups (broad SMARTS) is 1. The fourth-order valence-electron chi connectivity index (χ4n) is 2.63. The van der Waals surface area contributed by atoms with Gasteiger partial charge in [-0.15, -0.1) is 0 Å². The third kappa shape index (κ3) is 2.28. The molecule has 4 N–H and O–H groups in total. The maximum atomic E-state index is 11.1. The first-order valence-corrected chi connectivity index (χ1v) is 5.55. The van der Waals surface area contributed by atoms with E-state index in [-0.39, 0.29) is 23.3 Å². The van der Waals surface area contributed by atoms with E-state index in [1.807, 2.05) is 20.8 Å². The van der Waals surface area contributed by atoms with Crippen molar-refractivity contribution in [1.82, 2.24) is 5.32 Å². The van der Waals surface area contributed by atoms with Gasteiger partial charge in [-0.1, -0.05) is 20.8 Å². The van der Waals surface area contributed by atoms with Crippen molar-refractivity contribution in [3.05, 3.63) is 0 Å². The van der Waals surface area contributed by atoms with Crippen LogP contribution >= 0.6 is 0 Å². The zero-order valence-corrected chi connectivity index (χ0v) is 9.99. The number of amides is 2. The van der Waals surface area contributed by atoms with E-state index in [2.05, 4.69) is 5.32 Å². The fourth-order valence-corrected chi connectivity index (χ4v) is 2.63. The molecule has 0 aromatic rings. The molecule has 0 aromatic heterocycles. The molecule has 0 aliphatic heterocycles. The molecule has 16 heavy (non-hydrogen) atoms. The molecule has 2 amide bonds.